The van der Waals surface area contributed by atoms with Crippen LogP contribution in [-0.4, -0.2) is 19.5 Å². The fourth-order valence-corrected chi connectivity index (χ4v) is 3.20. The van der Waals surface area contributed by atoms with Gasteiger partial charge in [-0.3, -0.25) is 4.72 Å². The summed E-state index contributed by atoms with van der Waals surface area (Å²) in [5.41, 5.74) is 0.353. The van der Waals surface area contributed by atoms with E-state index in [-0.39, 0.29) is 16.2 Å². The van der Waals surface area contributed by atoms with Crippen LogP contribution in [0.1, 0.15) is 13.8 Å². The SMILES string of the molecule is CC(C)Oc1ccccc1NS(=O)(=O)c1cccnc1Cl. The second-order valence-corrected chi connectivity index (χ2v) is 6.57. The molecule has 21 heavy (non-hydrogen) atoms. The fraction of sp³-hybridized carbons (Fsp3) is 0.214. The van der Waals surface area contributed by atoms with Gasteiger partial charge in [0.05, 0.1) is 11.8 Å². The lowest BCUT2D eigenvalue weighted by Gasteiger charge is -2.15. The van der Waals surface area contributed by atoms with Gasteiger partial charge in [-0.15, -0.1) is 0 Å². The molecule has 0 saturated heterocycles. The number of aromatic nitrogens is 1. The molecule has 0 aliphatic carbocycles. The minimum atomic E-state index is -3.83. The summed E-state index contributed by atoms with van der Waals surface area (Å²) in [6.45, 7) is 3.73. The Labute approximate surface area is 129 Å². The molecule has 0 unspecified atom stereocenters. The molecule has 0 spiro atoms. The lowest BCUT2D eigenvalue weighted by molar-refractivity contribution is 0.244. The van der Waals surface area contributed by atoms with Crippen molar-refractivity contribution in [3.63, 3.8) is 0 Å². The van der Waals surface area contributed by atoms with Gasteiger partial charge in [0.15, 0.2) is 0 Å². The maximum atomic E-state index is 12.4. The van der Waals surface area contributed by atoms with Gasteiger partial charge in [0.1, 0.15) is 15.8 Å². The summed E-state index contributed by atoms with van der Waals surface area (Å²) in [6.07, 6.45) is 1.36. The van der Waals surface area contributed by atoms with Crippen molar-refractivity contribution in [1.29, 1.82) is 0 Å². The Hall–Kier alpha value is -1.79. The van der Waals surface area contributed by atoms with E-state index in [1.807, 2.05) is 13.8 Å². The van der Waals surface area contributed by atoms with E-state index in [1.165, 1.54) is 18.3 Å². The van der Waals surface area contributed by atoms with Gasteiger partial charge in [0.2, 0.25) is 0 Å². The van der Waals surface area contributed by atoms with Crippen LogP contribution >= 0.6 is 11.6 Å². The van der Waals surface area contributed by atoms with Gasteiger partial charge >= 0.3 is 0 Å². The fourth-order valence-electron chi connectivity index (χ4n) is 1.68. The van der Waals surface area contributed by atoms with Gasteiger partial charge in [0.25, 0.3) is 10.0 Å². The topological polar surface area (TPSA) is 68.3 Å². The number of rotatable bonds is 5. The number of nitrogens with zero attached hydrogens (tertiary/aromatic N) is 1. The highest BCUT2D eigenvalue weighted by Gasteiger charge is 2.20. The van der Waals surface area contributed by atoms with Crippen molar-refractivity contribution >= 4 is 27.3 Å². The third kappa shape index (κ3) is 3.86. The summed E-state index contributed by atoms with van der Waals surface area (Å²) in [6, 6.07) is 9.71. The van der Waals surface area contributed by atoms with Gasteiger partial charge in [-0.2, -0.15) is 0 Å². The molecule has 0 atom stereocenters. The third-order valence-corrected chi connectivity index (χ3v) is 4.32. The van der Waals surface area contributed by atoms with Crippen LogP contribution in [0, 0.1) is 0 Å². The monoisotopic (exact) mass is 326 g/mol. The first kappa shape index (κ1) is 15.6. The summed E-state index contributed by atoms with van der Waals surface area (Å²) in [7, 11) is -3.83. The number of halogens is 1. The van der Waals surface area contributed by atoms with Crippen LogP contribution in [-0.2, 0) is 10.0 Å². The molecular formula is C14H15ClN2O3S. The van der Waals surface area contributed by atoms with Gasteiger partial charge in [-0.1, -0.05) is 23.7 Å². The predicted octanol–water partition coefficient (Wildman–Crippen LogP) is 3.32. The summed E-state index contributed by atoms with van der Waals surface area (Å²) in [5.74, 6) is 0.455. The van der Waals surface area contributed by atoms with Crippen LogP contribution in [0.5, 0.6) is 5.75 Å². The van der Waals surface area contributed by atoms with Crippen molar-refractivity contribution in [2.24, 2.45) is 0 Å². The van der Waals surface area contributed by atoms with E-state index in [4.69, 9.17) is 16.3 Å². The first-order valence-corrected chi connectivity index (χ1v) is 8.15. The van der Waals surface area contributed by atoms with E-state index in [1.54, 1.807) is 24.3 Å². The second kappa shape index (κ2) is 6.32. The maximum Gasteiger partial charge on any atom is 0.265 e. The van der Waals surface area contributed by atoms with E-state index >= 15 is 0 Å². The van der Waals surface area contributed by atoms with E-state index in [2.05, 4.69) is 9.71 Å². The molecule has 0 amide bonds. The minimum absolute atomic E-state index is 0.0716. The number of hydrogen-bond donors (Lipinski definition) is 1. The molecule has 0 aliphatic rings. The van der Waals surface area contributed by atoms with Gasteiger partial charge in [0, 0.05) is 6.20 Å². The van der Waals surface area contributed by atoms with E-state index in [9.17, 15) is 8.42 Å². The zero-order chi connectivity index (χ0) is 15.5. The molecule has 2 rings (SSSR count). The van der Waals surface area contributed by atoms with Crippen molar-refractivity contribution in [1.82, 2.24) is 4.98 Å². The highest BCUT2D eigenvalue weighted by atomic mass is 35.5. The second-order valence-electron chi connectivity index (χ2n) is 4.56. The van der Waals surface area contributed by atoms with Crippen LogP contribution in [0.4, 0.5) is 5.69 Å². The van der Waals surface area contributed by atoms with E-state index in [0.29, 0.717) is 11.4 Å². The number of ether oxygens (including phenoxy) is 1. The Morgan fingerprint density at radius 2 is 1.90 bits per heavy atom. The standard InChI is InChI=1S/C14H15ClN2O3S/c1-10(2)20-12-7-4-3-6-11(12)17-21(18,19)13-8-5-9-16-14(13)15/h3-10,17H,1-2H3. The van der Waals surface area contributed by atoms with Crippen molar-refractivity contribution in [3.05, 3.63) is 47.7 Å². The number of nitrogens with one attached hydrogen (secondary N) is 1. The van der Waals surface area contributed by atoms with Gasteiger partial charge in [-0.25, -0.2) is 13.4 Å². The van der Waals surface area contributed by atoms with Crippen molar-refractivity contribution < 1.29 is 13.2 Å². The Morgan fingerprint density at radius 3 is 2.57 bits per heavy atom. The number of anilines is 1. The molecule has 0 bridgehead atoms. The van der Waals surface area contributed by atoms with Crippen LogP contribution in [0.25, 0.3) is 0 Å². The summed E-state index contributed by atoms with van der Waals surface area (Å²) < 4.78 is 32.8. The van der Waals surface area contributed by atoms with Crippen molar-refractivity contribution in [2.45, 2.75) is 24.8 Å². The first-order chi connectivity index (χ1) is 9.90. The minimum Gasteiger partial charge on any atom is -0.489 e. The number of sulfonamides is 1. The Kier molecular flexibility index (Phi) is 4.69. The zero-order valence-corrected chi connectivity index (χ0v) is 13.1. The lowest BCUT2D eigenvalue weighted by Crippen LogP contribution is -2.15. The average Bonchev–Trinajstić information content (AvgIpc) is 2.40. The third-order valence-electron chi connectivity index (χ3n) is 2.51. The van der Waals surface area contributed by atoms with E-state index in [0.717, 1.165) is 0 Å². The predicted molar refractivity (Wildman–Crippen MR) is 82.3 cm³/mol. The van der Waals surface area contributed by atoms with Crippen molar-refractivity contribution in [3.8, 4) is 5.75 Å². The van der Waals surface area contributed by atoms with E-state index < -0.39 is 10.0 Å². The highest BCUT2D eigenvalue weighted by molar-refractivity contribution is 7.92. The first-order valence-electron chi connectivity index (χ1n) is 6.29. The molecule has 1 aromatic heterocycles. The quantitative estimate of drug-likeness (QED) is 0.856. The number of benzene rings is 1. The molecule has 1 N–H and O–H groups in total. The normalized spacial score (nSPS) is 11.4. The van der Waals surface area contributed by atoms with Gasteiger partial charge < -0.3 is 4.74 Å². The molecule has 2 aromatic rings. The molecule has 0 fully saturated rings. The van der Waals surface area contributed by atoms with Crippen molar-refractivity contribution in [2.75, 3.05) is 4.72 Å². The summed E-state index contributed by atoms with van der Waals surface area (Å²) >= 11 is 5.84. The Morgan fingerprint density at radius 1 is 1.19 bits per heavy atom. The Bertz CT molecular complexity index is 733. The Balaban J connectivity index is 2.36. The summed E-state index contributed by atoms with van der Waals surface area (Å²) in [4.78, 5) is 3.70. The molecule has 5 nitrogen and oxygen atoms in total. The highest BCUT2D eigenvalue weighted by Crippen LogP contribution is 2.28. The summed E-state index contributed by atoms with van der Waals surface area (Å²) in [5, 5.41) is -0.0766. The average molecular weight is 327 g/mol. The molecule has 0 saturated carbocycles. The maximum absolute atomic E-state index is 12.4. The number of pyridine rings is 1. The van der Waals surface area contributed by atoms with Crippen LogP contribution in [0.3, 0.4) is 0 Å². The van der Waals surface area contributed by atoms with Crippen LogP contribution in [0.15, 0.2) is 47.5 Å². The molecule has 0 aliphatic heterocycles. The lowest BCUT2D eigenvalue weighted by atomic mass is 10.3. The molecule has 1 heterocycles. The van der Waals surface area contributed by atoms with Crippen LogP contribution in [0.2, 0.25) is 5.15 Å². The number of hydrogen-bond acceptors (Lipinski definition) is 4. The van der Waals surface area contributed by atoms with Gasteiger partial charge in [-0.05, 0) is 38.1 Å². The zero-order valence-electron chi connectivity index (χ0n) is 11.6. The largest absolute Gasteiger partial charge is 0.489 e. The smallest absolute Gasteiger partial charge is 0.265 e. The van der Waals surface area contributed by atoms with Crippen LogP contribution < -0.4 is 9.46 Å². The molecule has 7 heteroatoms. The molecular weight excluding hydrogens is 312 g/mol. The molecule has 0 radical (unpaired) electrons. The number of para-hydroxylation sites is 2. The molecule has 112 valence electrons. The molecule has 1 aromatic carbocycles.